The fraction of sp³-hybridized carbons (Fsp3) is 0.319. The number of pyridine rings is 2. The number of guanidine groups is 2. The summed E-state index contributed by atoms with van der Waals surface area (Å²) in [7, 11) is 0. The van der Waals surface area contributed by atoms with Gasteiger partial charge >= 0.3 is 5.97 Å². The Balaban J connectivity index is 0.000000196. The molecule has 4 aromatic heterocycles. The minimum Gasteiger partial charge on any atom is -0.476 e. The van der Waals surface area contributed by atoms with Crippen molar-refractivity contribution in [3.63, 3.8) is 0 Å². The maximum absolute atomic E-state index is 11.5. The number of piperazine rings is 2. The number of hydrogen-bond donors (Lipinski definition) is 3. The van der Waals surface area contributed by atoms with Crippen molar-refractivity contribution in [3.05, 3.63) is 109 Å². The van der Waals surface area contributed by atoms with Crippen LogP contribution in [-0.2, 0) is 0 Å². The van der Waals surface area contributed by atoms with Crippen molar-refractivity contribution < 1.29 is 14.7 Å². The number of carbonyl (C=O) groups excluding carboxylic acids is 1. The van der Waals surface area contributed by atoms with Gasteiger partial charge in [-0.15, -0.1) is 0 Å². The number of nitriles is 2. The zero-order chi connectivity index (χ0) is 46.7. The minimum absolute atomic E-state index is 0.0346. The Morgan fingerprint density at radius 3 is 1.47 bits per heavy atom. The normalized spacial score (nSPS) is 16.7. The smallest absolute Gasteiger partial charge is 0.356 e. The van der Waals surface area contributed by atoms with E-state index in [9.17, 15) is 20.1 Å². The van der Waals surface area contributed by atoms with Gasteiger partial charge in [0, 0.05) is 69.4 Å². The van der Waals surface area contributed by atoms with E-state index in [0.29, 0.717) is 62.7 Å². The predicted octanol–water partition coefficient (Wildman–Crippen LogP) is 5.76. The van der Waals surface area contributed by atoms with Gasteiger partial charge in [0.05, 0.1) is 59.3 Å². The third kappa shape index (κ3) is 10.5. The molecule has 2 saturated heterocycles. The number of ketones is 1. The molecule has 2 aliphatic heterocycles. The molecule has 3 N–H and O–H groups in total. The Morgan fingerprint density at radius 1 is 0.636 bits per heavy atom. The summed E-state index contributed by atoms with van der Waals surface area (Å²) in [4.78, 5) is 66.5. The predicted molar refractivity (Wildman–Crippen MR) is 251 cm³/mol. The Kier molecular flexibility index (Phi) is 14.5. The van der Waals surface area contributed by atoms with Crippen molar-refractivity contribution in [2.45, 2.75) is 46.7 Å². The molecule has 8 rings (SSSR count). The number of carbonyl (C=O) groups is 2. The van der Waals surface area contributed by atoms with Crippen LogP contribution in [0.25, 0.3) is 21.8 Å². The van der Waals surface area contributed by atoms with E-state index in [2.05, 4.69) is 87.8 Å². The van der Waals surface area contributed by atoms with Crippen molar-refractivity contribution >= 4 is 68.5 Å². The summed E-state index contributed by atoms with van der Waals surface area (Å²) in [5.41, 5.74) is 3.45. The summed E-state index contributed by atoms with van der Waals surface area (Å²) in [6, 6.07) is 19.3. The molecule has 19 heteroatoms. The van der Waals surface area contributed by atoms with E-state index >= 15 is 0 Å². The van der Waals surface area contributed by atoms with Gasteiger partial charge in [-0.25, -0.2) is 34.7 Å². The van der Waals surface area contributed by atoms with Crippen LogP contribution in [0.2, 0.25) is 0 Å². The van der Waals surface area contributed by atoms with Crippen LogP contribution < -0.4 is 20.4 Å². The molecule has 2 aliphatic rings. The van der Waals surface area contributed by atoms with Crippen LogP contribution in [0, 0.1) is 34.7 Å². The van der Waals surface area contributed by atoms with Crippen molar-refractivity contribution in [2.24, 2.45) is 21.8 Å². The van der Waals surface area contributed by atoms with Crippen LogP contribution in [-0.4, -0.2) is 120 Å². The van der Waals surface area contributed by atoms with Gasteiger partial charge in [0.15, 0.2) is 23.9 Å². The van der Waals surface area contributed by atoms with E-state index in [-0.39, 0.29) is 35.4 Å². The summed E-state index contributed by atoms with van der Waals surface area (Å²) in [6.45, 7) is 13.9. The average molecular weight is 887 g/mol. The molecule has 2 unspecified atom stereocenters. The van der Waals surface area contributed by atoms with Crippen LogP contribution >= 0.6 is 0 Å². The van der Waals surface area contributed by atoms with Crippen molar-refractivity contribution in [3.8, 4) is 12.4 Å². The molecular weight excluding hydrogens is 837 g/mol. The van der Waals surface area contributed by atoms with Crippen LogP contribution in [0.15, 0.2) is 108 Å². The first-order valence-corrected chi connectivity index (χ1v) is 21.5. The van der Waals surface area contributed by atoms with E-state index < -0.39 is 5.97 Å². The van der Waals surface area contributed by atoms with Gasteiger partial charge in [-0.2, -0.15) is 10.5 Å². The van der Waals surface area contributed by atoms with Gasteiger partial charge in [0.25, 0.3) is 0 Å². The number of hydrogen-bond acceptors (Lipinski definition) is 14. The van der Waals surface area contributed by atoms with Gasteiger partial charge in [0.1, 0.15) is 17.3 Å². The number of nitrogens with zero attached hydrogens (tertiary/aromatic N) is 14. The highest BCUT2D eigenvalue weighted by molar-refractivity contribution is 5.95. The second kappa shape index (κ2) is 20.9. The lowest BCUT2D eigenvalue weighted by Crippen LogP contribution is -2.59. The Morgan fingerprint density at radius 2 is 1.09 bits per heavy atom. The highest BCUT2D eigenvalue weighted by Crippen LogP contribution is 2.29. The first-order valence-electron chi connectivity index (χ1n) is 21.5. The topological polar surface area (TPSA) is 241 Å². The molecular formula is C47H50N16O3. The third-order valence-electron chi connectivity index (χ3n) is 11.5. The molecule has 6 heterocycles. The number of aromatic nitrogens is 6. The number of carboxylic acids is 1. The lowest BCUT2D eigenvalue weighted by molar-refractivity contribution is 0.0689. The van der Waals surface area contributed by atoms with Gasteiger partial charge < -0.3 is 24.7 Å². The zero-order valence-corrected chi connectivity index (χ0v) is 37.3. The molecule has 19 nitrogen and oxygen atoms in total. The number of nitrogens with one attached hydrogen (secondary N) is 2. The Labute approximate surface area is 382 Å². The highest BCUT2D eigenvalue weighted by Gasteiger charge is 2.34. The second-order valence-electron chi connectivity index (χ2n) is 16.3. The quantitative estimate of drug-likeness (QED) is 0.0541. The number of aromatic carboxylic acids is 1. The maximum Gasteiger partial charge on any atom is 0.356 e. The Bertz CT molecular complexity index is 2620. The molecule has 0 amide bonds. The Hall–Kier alpha value is -8.32. The summed E-state index contributed by atoms with van der Waals surface area (Å²) in [6.07, 6.45) is 13.5. The van der Waals surface area contributed by atoms with Crippen LogP contribution in [0.5, 0.6) is 0 Å². The number of benzene rings is 2. The van der Waals surface area contributed by atoms with E-state index in [1.807, 2.05) is 73.0 Å². The molecule has 336 valence electrons. The van der Waals surface area contributed by atoms with Crippen molar-refractivity contribution in [1.82, 2.24) is 50.3 Å². The van der Waals surface area contributed by atoms with Crippen LogP contribution in [0.3, 0.4) is 0 Å². The largest absolute Gasteiger partial charge is 0.476 e. The second-order valence-corrected chi connectivity index (χ2v) is 16.3. The van der Waals surface area contributed by atoms with Crippen molar-refractivity contribution in [1.29, 1.82) is 10.5 Å². The van der Waals surface area contributed by atoms with Crippen molar-refractivity contribution in [2.75, 3.05) is 49.1 Å². The summed E-state index contributed by atoms with van der Waals surface area (Å²) in [5.74, 6) is 1.69. The zero-order valence-electron chi connectivity index (χ0n) is 37.3. The fourth-order valence-electron chi connectivity index (χ4n) is 7.99. The number of Topliss-reactive ketones (excluding diaryl/α,β-unsaturated/α-hetero) is 1. The number of fused-ring (bicyclic) bond motifs is 2. The monoisotopic (exact) mass is 886 g/mol. The van der Waals surface area contributed by atoms with E-state index in [4.69, 9.17) is 15.1 Å². The van der Waals surface area contributed by atoms with Gasteiger partial charge in [-0.1, -0.05) is 39.8 Å². The average Bonchev–Trinajstić information content (AvgIpc) is 3.33. The first-order chi connectivity index (χ1) is 31.9. The molecule has 0 spiro atoms. The molecule has 2 fully saturated rings. The SMILES string of the molecule is CC(=O)c1cnc(N2CCN(C(=Nc3cccc4ncccc34)NC#N)C(C(C)C)C2)cn1.CC(C)C1CN(c2cnc(C(=O)O)cn2)CCN1C(=Nc1cccc2ncccc12)NC#N. The lowest BCUT2D eigenvalue weighted by Gasteiger charge is -2.44. The molecule has 2 aromatic carbocycles. The number of carboxylic acid groups (broad SMARTS) is 1. The molecule has 0 bridgehead atoms. The van der Waals surface area contributed by atoms with Gasteiger partial charge in [0.2, 0.25) is 11.9 Å². The number of anilines is 2. The molecule has 66 heavy (non-hydrogen) atoms. The van der Waals surface area contributed by atoms with E-state index in [1.54, 1.807) is 18.6 Å². The highest BCUT2D eigenvalue weighted by atomic mass is 16.4. The molecule has 0 radical (unpaired) electrons. The van der Waals surface area contributed by atoms with Crippen LogP contribution in [0.1, 0.15) is 55.6 Å². The summed E-state index contributed by atoms with van der Waals surface area (Å²) < 4.78 is 0. The fourth-order valence-corrected chi connectivity index (χ4v) is 7.99. The van der Waals surface area contributed by atoms with E-state index in [1.165, 1.54) is 25.5 Å². The van der Waals surface area contributed by atoms with Gasteiger partial charge in [-0.3, -0.25) is 25.4 Å². The first kappa shape index (κ1) is 45.7. The van der Waals surface area contributed by atoms with Crippen LogP contribution in [0.4, 0.5) is 23.0 Å². The van der Waals surface area contributed by atoms with E-state index in [0.717, 1.165) is 39.0 Å². The molecule has 0 saturated carbocycles. The number of rotatable bonds is 8. The molecule has 0 aliphatic carbocycles. The minimum atomic E-state index is -1.11. The van der Waals surface area contributed by atoms with Gasteiger partial charge in [-0.05, 0) is 60.4 Å². The number of aliphatic imine (C=N–C) groups is 2. The summed E-state index contributed by atoms with van der Waals surface area (Å²) in [5, 5.41) is 35.3. The molecule has 2 atom stereocenters. The summed E-state index contributed by atoms with van der Waals surface area (Å²) >= 11 is 0. The standard InChI is InChI=1S/C24H26N8O.C23H24N8O2/c1-16(2)22-14-31(23-13-27-21(12-28-23)17(3)33)10-11-32(22)24(29-15-25)30-20-8-4-7-19-18(20)6-5-9-26-19;1-15(2)20-13-30(21-12-26-19(11-27-21)22(32)33)9-10-31(20)23(28-14-24)29-18-7-3-6-17-16(18)5-4-8-25-17/h4-9,12-13,16,22H,10-11,14H2,1-3H3,(H,29,30);3-8,11-12,15,20H,9-10,13H2,1-2H3,(H,28,29)(H,32,33). The maximum atomic E-state index is 11.5. The third-order valence-corrected chi connectivity index (χ3v) is 11.5. The molecule has 6 aromatic rings. The lowest BCUT2D eigenvalue weighted by atomic mass is 10.00.